The fraction of sp³-hybridized carbons (Fsp3) is 0.333. The average Bonchev–Trinajstić information content (AvgIpc) is 3.39. The largest absolute Gasteiger partial charge is 0.360 e. The zero-order chi connectivity index (χ0) is 27.5. The van der Waals surface area contributed by atoms with E-state index in [1.165, 1.54) is 12.1 Å². The molecule has 10 heteroatoms. The van der Waals surface area contributed by atoms with Gasteiger partial charge in [0.1, 0.15) is 17.9 Å². The molecule has 2 aliphatic rings. The van der Waals surface area contributed by atoms with Gasteiger partial charge in [0.15, 0.2) is 0 Å². The van der Waals surface area contributed by atoms with Gasteiger partial charge in [-0.3, -0.25) is 4.79 Å². The molecule has 3 heterocycles. The van der Waals surface area contributed by atoms with E-state index in [-0.39, 0.29) is 12.1 Å². The predicted molar refractivity (Wildman–Crippen MR) is 148 cm³/mol. The molecule has 1 N–H and O–H groups in total. The number of nitrogens with zero attached hydrogens (tertiary/aromatic N) is 5. The summed E-state index contributed by atoms with van der Waals surface area (Å²) in [7, 11) is 0. The molecule has 0 spiro atoms. The maximum absolute atomic E-state index is 14.2. The van der Waals surface area contributed by atoms with Gasteiger partial charge in [0.05, 0.1) is 11.7 Å². The van der Waals surface area contributed by atoms with Gasteiger partial charge in [0, 0.05) is 49.8 Å². The van der Waals surface area contributed by atoms with Crippen molar-refractivity contribution in [2.45, 2.75) is 31.9 Å². The molecular formula is C30H32F2N6O2. The molecule has 0 bridgehead atoms. The van der Waals surface area contributed by atoms with Crippen LogP contribution in [0, 0.1) is 11.6 Å². The lowest BCUT2D eigenvalue weighted by atomic mass is 10.0. The van der Waals surface area contributed by atoms with Crippen LogP contribution in [0.3, 0.4) is 0 Å². The summed E-state index contributed by atoms with van der Waals surface area (Å²) in [5, 5.41) is 14.6. The molecule has 3 aromatic carbocycles. The lowest BCUT2D eigenvalue weighted by Gasteiger charge is -2.47. The second kappa shape index (κ2) is 11.8. The van der Waals surface area contributed by atoms with Gasteiger partial charge >= 0.3 is 0 Å². The molecule has 1 aromatic heterocycles. The minimum atomic E-state index is -0.600. The van der Waals surface area contributed by atoms with Gasteiger partial charge in [-0.2, -0.15) is 9.89 Å². The maximum Gasteiger partial charge on any atom is 0.290 e. The Morgan fingerprint density at radius 2 is 1.75 bits per heavy atom. The number of rotatable bonds is 7. The summed E-state index contributed by atoms with van der Waals surface area (Å²) in [6, 6.07) is 18.5. The van der Waals surface area contributed by atoms with Crippen molar-refractivity contribution in [3.05, 3.63) is 101 Å². The molecule has 8 nitrogen and oxygen atoms in total. The van der Waals surface area contributed by atoms with E-state index in [2.05, 4.69) is 10.3 Å². The first-order valence-corrected chi connectivity index (χ1v) is 13.7. The number of ether oxygens (including phenoxy) is 1. The Morgan fingerprint density at radius 3 is 2.48 bits per heavy atom. The number of benzene rings is 3. The number of aromatic nitrogens is 2. The molecule has 2 aliphatic heterocycles. The van der Waals surface area contributed by atoms with Crippen LogP contribution in [-0.2, 0) is 11.2 Å². The van der Waals surface area contributed by atoms with Crippen molar-refractivity contribution < 1.29 is 18.3 Å². The fourth-order valence-electron chi connectivity index (χ4n) is 5.43. The summed E-state index contributed by atoms with van der Waals surface area (Å²) in [4.78, 5) is 15.9. The summed E-state index contributed by atoms with van der Waals surface area (Å²) >= 11 is 0. The van der Waals surface area contributed by atoms with Crippen molar-refractivity contribution in [3.8, 4) is 0 Å². The van der Waals surface area contributed by atoms with E-state index in [0.717, 1.165) is 54.9 Å². The summed E-state index contributed by atoms with van der Waals surface area (Å²) in [5.41, 5.74) is 2.69. The normalized spacial score (nSPS) is 18.3. The minimum absolute atomic E-state index is 0.224. The molecule has 6 rings (SSSR count). The summed E-state index contributed by atoms with van der Waals surface area (Å²) in [6.45, 7) is 3.64. The standard InChI is InChI=1S/C30H32F2N6O2/c31-26-18-23(19-27(32)20-26)16-22-9-10-28-25(17-22)21-34-36(28)38(30(39)24-6-2-1-3-7-24)37(29-8-4-5-15-40-29)35-13-11-33-12-14-35/h1-3,6-7,9-10,17-21,29,33H,4-5,8,11-16H2. The Balaban J connectivity index is 1.41. The first-order chi connectivity index (χ1) is 19.6. The Bertz CT molecular complexity index is 1430. The highest BCUT2D eigenvalue weighted by Crippen LogP contribution is 2.25. The quantitative estimate of drug-likeness (QED) is 0.350. The highest BCUT2D eigenvalue weighted by atomic mass is 19.1. The number of carbonyl (C=O) groups excluding carboxylic acids is 1. The summed E-state index contributed by atoms with van der Waals surface area (Å²) in [5.74, 6) is -1.42. The molecule has 0 aliphatic carbocycles. The maximum atomic E-state index is 14.2. The monoisotopic (exact) mass is 546 g/mol. The summed E-state index contributed by atoms with van der Waals surface area (Å²) in [6.07, 6.45) is 4.54. The van der Waals surface area contributed by atoms with Gasteiger partial charge in [0.2, 0.25) is 0 Å². The molecule has 40 heavy (non-hydrogen) atoms. The number of hydrazine groups is 2. The SMILES string of the molecule is O=C(c1ccccc1)N(N(C1CCCCO1)N1CCNCC1)n1ncc2cc(Cc3cc(F)cc(F)c3)ccc21. The second-order valence-electron chi connectivity index (χ2n) is 10.2. The number of nitrogens with one attached hydrogen (secondary N) is 1. The van der Waals surface area contributed by atoms with Crippen LogP contribution < -0.4 is 10.4 Å². The zero-order valence-corrected chi connectivity index (χ0v) is 22.2. The van der Waals surface area contributed by atoms with Gasteiger partial charge in [-0.05, 0) is 73.2 Å². The Hall–Kier alpha value is -3.70. The molecule has 1 atom stereocenters. The third kappa shape index (κ3) is 5.62. The number of piperazine rings is 1. The van der Waals surface area contributed by atoms with Gasteiger partial charge in [-0.25, -0.2) is 13.8 Å². The molecule has 208 valence electrons. The topological polar surface area (TPSA) is 65.9 Å². The van der Waals surface area contributed by atoms with E-state index >= 15 is 0 Å². The number of hydrogen-bond donors (Lipinski definition) is 1. The van der Waals surface area contributed by atoms with E-state index in [9.17, 15) is 13.6 Å². The number of carbonyl (C=O) groups is 1. The van der Waals surface area contributed by atoms with E-state index in [4.69, 9.17) is 9.84 Å². The number of amides is 1. The van der Waals surface area contributed by atoms with Crippen LogP contribution in [0.2, 0.25) is 0 Å². The number of hydrogen-bond acceptors (Lipinski definition) is 6. The van der Waals surface area contributed by atoms with Crippen LogP contribution in [-0.4, -0.2) is 64.9 Å². The number of halogens is 2. The first-order valence-electron chi connectivity index (χ1n) is 13.7. The van der Waals surface area contributed by atoms with E-state index in [1.807, 2.05) is 41.5 Å². The van der Waals surface area contributed by atoms with Crippen LogP contribution in [0.5, 0.6) is 0 Å². The van der Waals surface area contributed by atoms with E-state index < -0.39 is 11.6 Å². The molecular weight excluding hydrogens is 514 g/mol. The van der Waals surface area contributed by atoms with Crippen LogP contribution in [0.25, 0.3) is 10.9 Å². The van der Waals surface area contributed by atoms with Crippen LogP contribution in [0.1, 0.15) is 40.7 Å². The molecule has 0 radical (unpaired) electrons. The van der Waals surface area contributed by atoms with Crippen LogP contribution in [0.15, 0.2) is 72.9 Å². The highest BCUT2D eigenvalue weighted by molar-refractivity contribution is 6.01. The Morgan fingerprint density at radius 1 is 0.975 bits per heavy atom. The van der Waals surface area contributed by atoms with E-state index in [1.54, 1.807) is 28.2 Å². The average molecular weight is 547 g/mol. The molecule has 4 aromatic rings. The molecule has 1 unspecified atom stereocenters. The van der Waals surface area contributed by atoms with Gasteiger partial charge in [-0.1, -0.05) is 29.4 Å². The van der Waals surface area contributed by atoms with E-state index in [0.29, 0.717) is 37.2 Å². The van der Waals surface area contributed by atoms with Crippen molar-refractivity contribution in [3.63, 3.8) is 0 Å². The lowest BCUT2D eigenvalue weighted by Crippen LogP contribution is -2.67. The highest BCUT2D eigenvalue weighted by Gasteiger charge is 2.38. The zero-order valence-electron chi connectivity index (χ0n) is 22.2. The van der Waals surface area contributed by atoms with Crippen molar-refractivity contribution in [1.82, 2.24) is 25.3 Å². The van der Waals surface area contributed by atoms with Crippen LogP contribution in [0.4, 0.5) is 8.78 Å². The van der Waals surface area contributed by atoms with Crippen molar-refractivity contribution in [2.75, 3.05) is 37.9 Å². The fourth-order valence-corrected chi connectivity index (χ4v) is 5.43. The molecule has 2 saturated heterocycles. The van der Waals surface area contributed by atoms with Crippen molar-refractivity contribution in [2.24, 2.45) is 0 Å². The van der Waals surface area contributed by atoms with Gasteiger partial charge < -0.3 is 10.1 Å². The second-order valence-corrected chi connectivity index (χ2v) is 10.2. The van der Waals surface area contributed by atoms with Crippen LogP contribution >= 0.6 is 0 Å². The molecule has 0 saturated carbocycles. The van der Waals surface area contributed by atoms with Crippen molar-refractivity contribution >= 4 is 16.8 Å². The third-order valence-corrected chi connectivity index (χ3v) is 7.32. The van der Waals surface area contributed by atoms with Gasteiger partial charge in [0.25, 0.3) is 5.91 Å². The van der Waals surface area contributed by atoms with Crippen molar-refractivity contribution in [1.29, 1.82) is 0 Å². The minimum Gasteiger partial charge on any atom is -0.360 e. The Kier molecular flexibility index (Phi) is 7.83. The number of fused-ring (bicyclic) bond motifs is 1. The van der Waals surface area contributed by atoms with Gasteiger partial charge in [-0.15, -0.1) is 5.12 Å². The molecule has 2 fully saturated rings. The smallest absolute Gasteiger partial charge is 0.290 e. The lowest BCUT2D eigenvalue weighted by molar-refractivity contribution is -0.196. The molecule has 1 amide bonds. The Labute approximate surface area is 231 Å². The third-order valence-electron chi connectivity index (χ3n) is 7.32. The first kappa shape index (κ1) is 26.5. The summed E-state index contributed by atoms with van der Waals surface area (Å²) < 4.78 is 33.8. The predicted octanol–water partition coefficient (Wildman–Crippen LogP) is 4.25.